The van der Waals surface area contributed by atoms with Crippen molar-refractivity contribution in [3.8, 4) is 5.75 Å². The maximum absolute atomic E-state index is 12.9. The van der Waals surface area contributed by atoms with Gasteiger partial charge in [0.1, 0.15) is 17.6 Å². The first kappa shape index (κ1) is 22.2. The summed E-state index contributed by atoms with van der Waals surface area (Å²) in [6, 6.07) is 12.5. The Balaban J connectivity index is 1.77. The second kappa shape index (κ2) is 11.7. The summed E-state index contributed by atoms with van der Waals surface area (Å²) in [7, 11) is 1.62. The number of ether oxygens (including phenoxy) is 1. The van der Waals surface area contributed by atoms with Crippen molar-refractivity contribution in [2.45, 2.75) is 38.8 Å². The fraction of sp³-hybridized carbons (Fsp3) is 0.364. The Morgan fingerprint density at radius 3 is 2.28 bits per heavy atom. The number of urea groups is 1. The molecule has 1 unspecified atom stereocenters. The Kier molecular flexibility index (Phi) is 8.95. The van der Waals surface area contributed by atoms with Crippen LogP contribution in [0.2, 0.25) is 0 Å². The minimum absolute atomic E-state index is 0.211. The van der Waals surface area contributed by atoms with E-state index in [0.29, 0.717) is 19.4 Å². The van der Waals surface area contributed by atoms with Gasteiger partial charge in [-0.05, 0) is 48.2 Å². The maximum atomic E-state index is 12.9. The van der Waals surface area contributed by atoms with E-state index in [0.717, 1.165) is 23.3 Å². The van der Waals surface area contributed by atoms with E-state index in [1.165, 1.54) is 12.1 Å². The Bertz CT molecular complexity index is 779. The number of rotatable bonds is 10. The van der Waals surface area contributed by atoms with Crippen LogP contribution in [0.25, 0.3) is 0 Å². The lowest BCUT2D eigenvalue weighted by atomic mass is 10.1. The zero-order chi connectivity index (χ0) is 21.1. The van der Waals surface area contributed by atoms with Gasteiger partial charge in [-0.25, -0.2) is 9.18 Å². The molecule has 0 bridgehead atoms. The van der Waals surface area contributed by atoms with Crippen molar-refractivity contribution >= 4 is 11.9 Å². The molecule has 2 aromatic rings. The molecule has 29 heavy (non-hydrogen) atoms. The second-order valence-corrected chi connectivity index (χ2v) is 6.68. The fourth-order valence-corrected chi connectivity index (χ4v) is 2.80. The molecule has 1 atom stereocenters. The summed E-state index contributed by atoms with van der Waals surface area (Å²) in [6.07, 6.45) is 1.98. The van der Waals surface area contributed by atoms with Gasteiger partial charge >= 0.3 is 6.03 Å². The van der Waals surface area contributed by atoms with Crippen LogP contribution >= 0.6 is 0 Å². The molecule has 0 spiro atoms. The summed E-state index contributed by atoms with van der Waals surface area (Å²) in [5.74, 6) is 0.251. The summed E-state index contributed by atoms with van der Waals surface area (Å²) >= 11 is 0. The van der Waals surface area contributed by atoms with Crippen LogP contribution in [0.5, 0.6) is 5.75 Å². The van der Waals surface area contributed by atoms with E-state index in [1.807, 2.05) is 31.2 Å². The van der Waals surface area contributed by atoms with E-state index in [9.17, 15) is 14.0 Å². The third kappa shape index (κ3) is 7.81. The van der Waals surface area contributed by atoms with Gasteiger partial charge in [-0.2, -0.15) is 0 Å². The molecule has 0 aromatic heterocycles. The van der Waals surface area contributed by atoms with Crippen molar-refractivity contribution in [3.05, 3.63) is 65.5 Å². The normalized spacial score (nSPS) is 11.4. The molecule has 2 rings (SSSR count). The van der Waals surface area contributed by atoms with Gasteiger partial charge in [-0.3, -0.25) is 4.79 Å². The van der Waals surface area contributed by atoms with Crippen molar-refractivity contribution in [1.29, 1.82) is 0 Å². The Morgan fingerprint density at radius 2 is 1.66 bits per heavy atom. The van der Waals surface area contributed by atoms with Crippen molar-refractivity contribution in [2.75, 3.05) is 13.7 Å². The zero-order valence-electron chi connectivity index (χ0n) is 16.8. The van der Waals surface area contributed by atoms with Crippen LogP contribution in [0, 0.1) is 5.82 Å². The van der Waals surface area contributed by atoms with Crippen LogP contribution in [-0.4, -0.2) is 31.6 Å². The summed E-state index contributed by atoms with van der Waals surface area (Å²) in [6.45, 7) is 2.68. The maximum Gasteiger partial charge on any atom is 0.315 e. The van der Waals surface area contributed by atoms with Gasteiger partial charge in [0.2, 0.25) is 5.91 Å². The number of carbonyl (C=O) groups is 2. The highest BCUT2D eigenvalue weighted by atomic mass is 19.1. The van der Waals surface area contributed by atoms with Gasteiger partial charge in [0.05, 0.1) is 7.11 Å². The van der Waals surface area contributed by atoms with Gasteiger partial charge in [-0.15, -0.1) is 0 Å². The molecule has 7 heteroatoms. The highest BCUT2D eigenvalue weighted by Gasteiger charge is 2.19. The Hall–Kier alpha value is -3.09. The first-order valence-electron chi connectivity index (χ1n) is 9.71. The van der Waals surface area contributed by atoms with E-state index in [2.05, 4.69) is 16.0 Å². The zero-order valence-corrected chi connectivity index (χ0v) is 16.8. The third-order valence-electron chi connectivity index (χ3n) is 4.44. The minimum Gasteiger partial charge on any atom is -0.497 e. The lowest BCUT2D eigenvalue weighted by Gasteiger charge is -2.18. The predicted octanol–water partition coefficient (Wildman–Crippen LogP) is 3.16. The highest BCUT2D eigenvalue weighted by molar-refractivity contribution is 5.86. The lowest BCUT2D eigenvalue weighted by molar-refractivity contribution is -0.123. The van der Waals surface area contributed by atoms with Crippen molar-refractivity contribution in [1.82, 2.24) is 16.0 Å². The SMILES string of the molecule is CCCC(NC(=O)NCc1ccc(F)cc1)C(=O)NCCc1ccc(OC)cc1. The van der Waals surface area contributed by atoms with Crippen molar-refractivity contribution in [2.24, 2.45) is 0 Å². The van der Waals surface area contributed by atoms with Gasteiger partial charge in [-0.1, -0.05) is 37.6 Å². The quantitative estimate of drug-likeness (QED) is 0.572. The number of benzene rings is 2. The lowest BCUT2D eigenvalue weighted by Crippen LogP contribution is -2.50. The Labute approximate surface area is 170 Å². The van der Waals surface area contributed by atoms with Crippen molar-refractivity contribution < 1.29 is 18.7 Å². The molecule has 2 aromatic carbocycles. The van der Waals surface area contributed by atoms with E-state index in [-0.39, 0.29) is 18.3 Å². The molecule has 0 heterocycles. The molecule has 0 fully saturated rings. The number of methoxy groups -OCH3 is 1. The highest BCUT2D eigenvalue weighted by Crippen LogP contribution is 2.11. The molecular formula is C22H28FN3O3. The molecule has 156 valence electrons. The first-order valence-corrected chi connectivity index (χ1v) is 9.71. The largest absolute Gasteiger partial charge is 0.497 e. The minimum atomic E-state index is -0.607. The first-order chi connectivity index (χ1) is 14.0. The molecule has 0 aliphatic rings. The van der Waals surface area contributed by atoms with Crippen LogP contribution in [0.1, 0.15) is 30.9 Å². The molecule has 0 aliphatic carbocycles. The number of hydrogen-bond donors (Lipinski definition) is 3. The average molecular weight is 401 g/mol. The summed E-state index contributed by atoms with van der Waals surface area (Å²) in [5.41, 5.74) is 1.86. The molecular weight excluding hydrogens is 373 g/mol. The van der Waals surface area contributed by atoms with Gasteiger partial charge in [0.25, 0.3) is 0 Å². The van der Waals surface area contributed by atoms with Crippen molar-refractivity contribution in [3.63, 3.8) is 0 Å². The van der Waals surface area contributed by atoms with Crippen LogP contribution in [0.15, 0.2) is 48.5 Å². The summed E-state index contributed by atoms with van der Waals surface area (Å²) < 4.78 is 18.1. The van der Waals surface area contributed by atoms with Gasteiger partial charge < -0.3 is 20.7 Å². The number of nitrogens with one attached hydrogen (secondary N) is 3. The van der Waals surface area contributed by atoms with Gasteiger partial charge in [0.15, 0.2) is 0 Å². The molecule has 3 amide bonds. The van der Waals surface area contributed by atoms with Crippen LogP contribution in [0.3, 0.4) is 0 Å². The van der Waals surface area contributed by atoms with Crippen LogP contribution < -0.4 is 20.7 Å². The van der Waals surface area contributed by atoms with Crippen LogP contribution in [0.4, 0.5) is 9.18 Å². The Morgan fingerprint density at radius 1 is 1.00 bits per heavy atom. The number of carbonyl (C=O) groups excluding carboxylic acids is 2. The molecule has 0 aliphatic heterocycles. The number of halogens is 1. The molecule has 0 saturated carbocycles. The standard InChI is InChI=1S/C22H28FN3O3/c1-3-4-20(26-22(28)25-15-17-5-9-18(23)10-6-17)21(27)24-14-13-16-7-11-19(29-2)12-8-16/h5-12,20H,3-4,13-15H2,1-2H3,(H,24,27)(H2,25,26,28). The fourth-order valence-electron chi connectivity index (χ4n) is 2.80. The van der Waals surface area contributed by atoms with Gasteiger partial charge in [0, 0.05) is 13.1 Å². The van der Waals surface area contributed by atoms with Crippen LogP contribution in [-0.2, 0) is 17.8 Å². The molecule has 3 N–H and O–H groups in total. The number of hydrogen-bond acceptors (Lipinski definition) is 3. The number of amides is 3. The molecule has 6 nitrogen and oxygen atoms in total. The smallest absolute Gasteiger partial charge is 0.315 e. The van der Waals surface area contributed by atoms with E-state index in [4.69, 9.17) is 4.74 Å². The third-order valence-corrected chi connectivity index (χ3v) is 4.44. The van der Waals surface area contributed by atoms with E-state index in [1.54, 1.807) is 19.2 Å². The molecule has 0 saturated heterocycles. The van der Waals surface area contributed by atoms with E-state index < -0.39 is 12.1 Å². The monoisotopic (exact) mass is 401 g/mol. The predicted molar refractivity (Wildman–Crippen MR) is 110 cm³/mol. The topological polar surface area (TPSA) is 79.5 Å². The summed E-state index contributed by atoms with van der Waals surface area (Å²) in [4.78, 5) is 24.6. The average Bonchev–Trinajstić information content (AvgIpc) is 2.73. The molecule has 0 radical (unpaired) electrons. The second-order valence-electron chi connectivity index (χ2n) is 6.68. The summed E-state index contributed by atoms with van der Waals surface area (Å²) in [5, 5.41) is 8.28. The van der Waals surface area contributed by atoms with E-state index >= 15 is 0 Å².